The molecule has 0 aliphatic heterocycles. The predicted octanol–water partition coefficient (Wildman–Crippen LogP) is 4.68. The molecule has 0 atom stereocenters. The van der Waals surface area contributed by atoms with Gasteiger partial charge >= 0.3 is 0 Å². The summed E-state index contributed by atoms with van der Waals surface area (Å²) in [6.45, 7) is 2.03. The van der Waals surface area contributed by atoms with Crippen molar-refractivity contribution in [2.75, 3.05) is 5.73 Å². The van der Waals surface area contributed by atoms with Crippen LogP contribution in [-0.4, -0.2) is 17.1 Å². The Balaban J connectivity index is 1.60. The van der Waals surface area contributed by atoms with E-state index in [1.165, 1.54) is 6.21 Å². The summed E-state index contributed by atoms with van der Waals surface area (Å²) in [6, 6.07) is 12.5. The standard InChI is InChI=1S/C19H16Cl2N4O2S/c1-11-17(28-19(22)24-11)18(26)25-23-9-12-3-2-4-15(7-12)27-10-13-5-6-14(20)8-16(13)21/h2-9H,10H2,1H3,(H2,22,24)(H,25,26)/b23-9-. The van der Waals surface area contributed by atoms with Crippen molar-refractivity contribution in [3.8, 4) is 5.75 Å². The molecule has 3 aromatic rings. The van der Waals surface area contributed by atoms with Crippen molar-refractivity contribution in [3.05, 3.63) is 74.2 Å². The first-order chi connectivity index (χ1) is 13.4. The van der Waals surface area contributed by atoms with E-state index in [9.17, 15) is 4.79 Å². The highest BCUT2D eigenvalue weighted by atomic mass is 35.5. The number of anilines is 1. The lowest BCUT2D eigenvalue weighted by molar-refractivity contribution is 0.0958. The quantitative estimate of drug-likeness (QED) is 0.435. The minimum atomic E-state index is -0.354. The molecule has 1 amide bonds. The van der Waals surface area contributed by atoms with Crippen molar-refractivity contribution < 1.29 is 9.53 Å². The number of ether oxygens (including phenoxy) is 1. The lowest BCUT2D eigenvalue weighted by Crippen LogP contribution is -2.17. The summed E-state index contributed by atoms with van der Waals surface area (Å²) in [4.78, 5) is 16.5. The Hall–Kier alpha value is -2.61. The zero-order valence-corrected chi connectivity index (χ0v) is 17.1. The first-order valence-electron chi connectivity index (χ1n) is 8.15. The van der Waals surface area contributed by atoms with Gasteiger partial charge in [-0.3, -0.25) is 4.79 Å². The molecule has 144 valence electrons. The van der Waals surface area contributed by atoms with Crippen LogP contribution < -0.4 is 15.9 Å². The molecule has 9 heteroatoms. The number of aromatic nitrogens is 1. The van der Waals surface area contributed by atoms with E-state index >= 15 is 0 Å². The fourth-order valence-electron chi connectivity index (χ4n) is 2.33. The van der Waals surface area contributed by atoms with Crippen LogP contribution in [0.4, 0.5) is 5.13 Å². The fourth-order valence-corrected chi connectivity index (χ4v) is 3.52. The molecule has 2 aromatic carbocycles. The van der Waals surface area contributed by atoms with E-state index in [-0.39, 0.29) is 5.91 Å². The van der Waals surface area contributed by atoms with Gasteiger partial charge in [0, 0.05) is 15.6 Å². The number of hydrogen-bond donors (Lipinski definition) is 2. The van der Waals surface area contributed by atoms with Crippen molar-refractivity contribution in [2.45, 2.75) is 13.5 Å². The molecule has 3 N–H and O–H groups in total. The van der Waals surface area contributed by atoms with Crippen LogP contribution in [0.1, 0.15) is 26.5 Å². The summed E-state index contributed by atoms with van der Waals surface area (Å²) in [5, 5.41) is 5.44. The molecule has 0 unspecified atom stereocenters. The number of aryl methyl sites for hydroxylation is 1. The summed E-state index contributed by atoms with van der Waals surface area (Å²) in [7, 11) is 0. The Morgan fingerprint density at radius 2 is 2.14 bits per heavy atom. The zero-order valence-electron chi connectivity index (χ0n) is 14.8. The number of hydrogen-bond acceptors (Lipinski definition) is 6. The van der Waals surface area contributed by atoms with Crippen molar-refractivity contribution in [2.24, 2.45) is 5.10 Å². The van der Waals surface area contributed by atoms with E-state index in [1.54, 1.807) is 25.1 Å². The highest BCUT2D eigenvalue weighted by Crippen LogP contribution is 2.23. The monoisotopic (exact) mass is 434 g/mol. The molecule has 6 nitrogen and oxygen atoms in total. The number of nitrogens with zero attached hydrogens (tertiary/aromatic N) is 2. The normalized spacial score (nSPS) is 11.0. The molecule has 0 aliphatic carbocycles. The zero-order chi connectivity index (χ0) is 20.1. The van der Waals surface area contributed by atoms with Crippen LogP contribution >= 0.6 is 34.5 Å². The Bertz CT molecular complexity index is 1040. The van der Waals surface area contributed by atoms with Gasteiger partial charge in [-0.05, 0) is 36.8 Å². The van der Waals surface area contributed by atoms with Crippen LogP contribution in [-0.2, 0) is 6.61 Å². The number of hydrazone groups is 1. The lowest BCUT2D eigenvalue weighted by atomic mass is 10.2. The summed E-state index contributed by atoms with van der Waals surface area (Å²) in [6.07, 6.45) is 1.53. The maximum absolute atomic E-state index is 12.1. The third kappa shape index (κ3) is 5.22. The maximum Gasteiger partial charge on any atom is 0.283 e. The average molecular weight is 435 g/mol. The number of nitrogens with one attached hydrogen (secondary N) is 1. The molecule has 1 aromatic heterocycles. The first-order valence-corrected chi connectivity index (χ1v) is 9.72. The second kappa shape index (κ2) is 9.05. The predicted molar refractivity (Wildman–Crippen MR) is 114 cm³/mol. The minimum Gasteiger partial charge on any atom is -0.489 e. The van der Waals surface area contributed by atoms with E-state index in [1.807, 2.05) is 24.3 Å². The van der Waals surface area contributed by atoms with Crippen molar-refractivity contribution in [1.82, 2.24) is 10.4 Å². The molecule has 0 spiro atoms. The van der Waals surface area contributed by atoms with E-state index < -0.39 is 0 Å². The Kier molecular flexibility index (Phi) is 6.51. The van der Waals surface area contributed by atoms with Crippen LogP contribution in [0.15, 0.2) is 47.6 Å². The summed E-state index contributed by atoms with van der Waals surface area (Å²) < 4.78 is 5.77. The number of thiazole rings is 1. The maximum atomic E-state index is 12.1. The average Bonchev–Trinajstić information content (AvgIpc) is 2.99. The molecular weight excluding hydrogens is 419 g/mol. The number of rotatable bonds is 6. The number of carbonyl (C=O) groups is 1. The molecule has 0 radical (unpaired) electrons. The Morgan fingerprint density at radius 1 is 1.32 bits per heavy atom. The van der Waals surface area contributed by atoms with Gasteiger partial charge in [0.1, 0.15) is 17.2 Å². The van der Waals surface area contributed by atoms with Gasteiger partial charge in [-0.15, -0.1) is 0 Å². The molecule has 0 fully saturated rings. The number of nitrogens with two attached hydrogens (primary N) is 1. The van der Waals surface area contributed by atoms with Gasteiger partial charge in [0.2, 0.25) is 0 Å². The lowest BCUT2D eigenvalue weighted by Gasteiger charge is -2.08. The molecular formula is C19H16Cl2N4O2S. The fraction of sp³-hybridized carbons (Fsp3) is 0.105. The molecule has 28 heavy (non-hydrogen) atoms. The Morgan fingerprint density at radius 3 is 2.86 bits per heavy atom. The molecule has 0 aliphatic rings. The first kappa shape index (κ1) is 20.1. The van der Waals surface area contributed by atoms with Crippen LogP contribution in [0.2, 0.25) is 10.0 Å². The number of halogens is 2. The van der Waals surface area contributed by atoms with Crippen molar-refractivity contribution in [1.29, 1.82) is 0 Å². The van der Waals surface area contributed by atoms with Gasteiger partial charge in [0.25, 0.3) is 5.91 Å². The SMILES string of the molecule is Cc1nc(N)sc1C(=O)N/N=C\c1cccc(OCc2ccc(Cl)cc2Cl)c1. The second-order valence-electron chi connectivity index (χ2n) is 5.76. The van der Waals surface area contributed by atoms with E-state index in [0.717, 1.165) is 22.5 Å². The van der Waals surface area contributed by atoms with Gasteiger partial charge in [0.05, 0.1) is 11.9 Å². The van der Waals surface area contributed by atoms with Gasteiger partial charge in [-0.25, -0.2) is 10.4 Å². The molecule has 0 saturated carbocycles. The van der Waals surface area contributed by atoms with Gasteiger partial charge in [-0.2, -0.15) is 5.10 Å². The topological polar surface area (TPSA) is 89.6 Å². The summed E-state index contributed by atoms with van der Waals surface area (Å²) >= 11 is 13.2. The largest absolute Gasteiger partial charge is 0.489 e. The van der Waals surface area contributed by atoms with E-state index in [4.69, 9.17) is 33.7 Å². The highest BCUT2D eigenvalue weighted by Gasteiger charge is 2.13. The molecule has 3 rings (SSSR count). The highest BCUT2D eigenvalue weighted by molar-refractivity contribution is 7.17. The van der Waals surface area contributed by atoms with Crippen LogP contribution in [0.25, 0.3) is 0 Å². The third-order valence-corrected chi connectivity index (χ3v) is 5.24. The minimum absolute atomic E-state index is 0.305. The van der Waals surface area contributed by atoms with Gasteiger partial charge in [0.15, 0.2) is 5.13 Å². The van der Waals surface area contributed by atoms with E-state index in [0.29, 0.717) is 38.1 Å². The number of benzene rings is 2. The van der Waals surface area contributed by atoms with Crippen LogP contribution in [0, 0.1) is 6.92 Å². The van der Waals surface area contributed by atoms with Crippen LogP contribution in [0.5, 0.6) is 5.75 Å². The third-order valence-electron chi connectivity index (χ3n) is 3.67. The second-order valence-corrected chi connectivity index (χ2v) is 7.64. The molecule has 0 saturated heterocycles. The summed E-state index contributed by atoms with van der Waals surface area (Å²) in [5.74, 6) is 0.292. The summed E-state index contributed by atoms with van der Waals surface area (Å²) in [5.41, 5.74) is 10.2. The number of nitrogen functional groups attached to an aromatic ring is 1. The smallest absolute Gasteiger partial charge is 0.283 e. The number of amides is 1. The van der Waals surface area contributed by atoms with Crippen molar-refractivity contribution >= 4 is 51.8 Å². The number of carbonyl (C=O) groups excluding carboxylic acids is 1. The van der Waals surface area contributed by atoms with Crippen molar-refractivity contribution in [3.63, 3.8) is 0 Å². The van der Waals surface area contributed by atoms with Gasteiger partial charge in [-0.1, -0.05) is 52.7 Å². The van der Waals surface area contributed by atoms with Gasteiger partial charge < -0.3 is 10.5 Å². The molecule has 0 bridgehead atoms. The Labute approximate surface area is 176 Å². The molecule has 1 heterocycles. The van der Waals surface area contributed by atoms with E-state index in [2.05, 4.69) is 15.5 Å². The van der Waals surface area contributed by atoms with Crippen LogP contribution in [0.3, 0.4) is 0 Å².